The summed E-state index contributed by atoms with van der Waals surface area (Å²) in [6.07, 6.45) is -4.20. The predicted molar refractivity (Wildman–Crippen MR) is 87.5 cm³/mol. The van der Waals surface area contributed by atoms with Gasteiger partial charge in [0.25, 0.3) is 0 Å². The van der Waals surface area contributed by atoms with E-state index < -0.39 is 11.9 Å². The molecule has 1 heterocycles. The molecule has 0 saturated carbocycles. The van der Waals surface area contributed by atoms with Crippen molar-refractivity contribution in [1.29, 1.82) is 0 Å². The van der Waals surface area contributed by atoms with Gasteiger partial charge in [-0.15, -0.1) is 0 Å². The Morgan fingerprint density at radius 2 is 1.96 bits per heavy atom. The number of alkyl halides is 3. The number of halogens is 3. The molecule has 9 heteroatoms. The average molecular weight is 356 g/mol. The minimum absolute atomic E-state index is 0.0524. The topological polar surface area (TPSA) is 79.3 Å². The van der Waals surface area contributed by atoms with Crippen molar-refractivity contribution in [2.45, 2.75) is 19.1 Å². The van der Waals surface area contributed by atoms with Crippen LogP contribution in [0.25, 0.3) is 0 Å². The van der Waals surface area contributed by atoms with Gasteiger partial charge in [0, 0.05) is 25.8 Å². The van der Waals surface area contributed by atoms with Crippen LogP contribution in [0.5, 0.6) is 5.75 Å². The van der Waals surface area contributed by atoms with Crippen LogP contribution < -0.4 is 15.4 Å². The molecule has 0 saturated heterocycles. The van der Waals surface area contributed by atoms with Crippen LogP contribution in [0.1, 0.15) is 17.7 Å². The lowest BCUT2D eigenvalue weighted by atomic mass is 10.2. The van der Waals surface area contributed by atoms with Crippen molar-refractivity contribution in [3.05, 3.63) is 41.6 Å². The van der Waals surface area contributed by atoms with Crippen molar-refractivity contribution < 1.29 is 23.0 Å². The van der Waals surface area contributed by atoms with E-state index in [2.05, 4.69) is 20.6 Å². The molecule has 0 fully saturated rings. The fourth-order valence-corrected chi connectivity index (χ4v) is 2.02. The summed E-state index contributed by atoms with van der Waals surface area (Å²) in [7, 11) is 1.54. The molecule has 1 aromatic heterocycles. The van der Waals surface area contributed by atoms with E-state index in [1.807, 2.05) is 6.07 Å². The molecule has 2 rings (SSSR count). The summed E-state index contributed by atoms with van der Waals surface area (Å²) in [5.74, 6) is 0.567. The second-order valence-corrected chi connectivity index (χ2v) is 5.17. The number of methoxy groups -OCH3 is 1. The SMILES string of the molecule is COc1cccc(CNc2cc(C(F)(F)F)nc(NCCCO)n2)c1. The molecule has 0 unspecified atom stereocenters. The molecular weight excluding hydrogens is 337 g/mol. The van der Waals surface area contributed by atoms with E-state index in [1.165, 1.54) is 7.11 Å². The van der Waals surface area contributed by atoms with Gasteiger partial charge in [-0.1, -0.05) is 12.1 Å². The maximum absolute atomic E-state index is 13.0. The fraction of sp³-hybridized carbons (Fsp3) is 0.375. The number of aromatic nitrogens is 2. The van der Waals surface area contributed by atoms with Crippen LogP contribution in [-0.4, -0.2) is 35.3 Å². The van der Waals surface area contributed by atoms with Gasteiger partial charge in [-0.2, -0.15) is 18.2 Å². The Bertz CT molecular complexity index is 695. The summed E-state index contributed by atoms with van der Waals surface area (Å²) in [4.78, 5) is 7.50. The third kappa shape index (κ3) is 5.79. The van der Waals surface area contributed by atoms with Gasteiger partial charge in [0.05, 0.1) is 7.11 Å². The van der Waals surface area contributed by atoms with E-state index in [-0.39, 0.29) is 31.5 Å². The molecule has 0 aliphatic rings. The number of nitrogens with zero attached hydrogens (tertiary/aromatic N) is 2. The lowest BCUT2D eigenvalue weighted by Crippen LogP contribution is -2.15. The molecular formula is C16H19F3N4O2. The largest absolute Gasteiger partial charge is 0.497 e. The van der Waals surface area contributed by atoms with Crippen LogP contribution >= 0.6 is 0 Å². The smallest absolute Gasteiger partial charge is 0.433 e. The third-order valence-corrected chi connectivity index (χ3v) is 3.24. The van der Waals surface area contributed by atoms with E-state index in [4.69, 9.17) is 9.84 Å². The molecule has 0 aliphatic heterocycles. The Labute approximate surface area is 143 Å². The summed E-state index contributed by atoms with van der Waals surface area (Å²) >= 11 is 0. The third-order valence-electron chi connectivity index (χ3n) is 3.24. The van der Waals surface area contributed by atoms with Crippen molar-refractivity contribution in [3.8, 4) is 5.75 Å². The van der Waals surface area contributed by atoms with Crippen molar-refractivity contribution in [3.63, 3.8) is 0 Å². The minimum atomic E-state index is -4.58. The van der Waals surface area contributed by atoms with E-state index in [0.717, 1.165) is 11.6 Å². The highest BCUT2D eigenvalue weighted by Crippen LogP contribution is 2.29. The first-order valence-electron chi connectivity index (χ1n) is 7.60. The van der Waals surface area contributed by atoms with Crippen LogP contribution in [-0.2, 0) is 12.7 Å². The second kappa shape index (κ2) is 8.52. The van der Waals surface area contributed by atoms with E-state index in [9.17, 15) is 13.2 Å². The van der Waals surface area contributed by atoms with Crippen molar-refractivity contribution in [2.24, 2.45) is 0 Å². The standard InChI is InChI=1S/C16H19F3N4O2/c1-25-12-5-2-4-11(8-12)10-21-14-9-13(16(17,18)19)22-15(23-14)20-6-3-7-24/h2,4-5,8-9,24H,3,6-7,10H2,1H3,(H2,20,21,22,23). The van der Waals surface area contributed by atoms with Gasteiger partial charge in [0.1, 0.15) is 11.6 Å². The Morgan fingerprint density at radius 3 is 2.64 bits per heavy atom. The zero-order valence-corrected chi connectivity index (χ0v) is 13.6. The van der Waals surface area contributed by atoms with E-state index in [1.54, 1.807) is 18.2 Å². The number of hydrogen-bond acceptors (Lipinski definition) is 6. The molecule has 0 spiro atoms. The van der Waals surface area contributed by atoms with Crippen molar-refractivity contribution in [2.75, 3.05) is 30.9 Å². The van der Waals surface area contributed by atoms with E-state index in [0.29, 0.717) is 12.2 Å². The second-order valence-electron chi connectivity index (χ2n) is 5.17. The molecule has 6 nitrogen and oxygen atoms in total. The van der Waals surface area contributed by atoms with Gasteiger partial charge in [-0.3, -0.25) is 0 Å². The quantitative estimate of drug-likeness (QED) is 0.631. The first-order chi connectivity index (χ1) is 11.9. The Balaban J connectivity index is 2.15. The summed E-state index contributed by atoms with van der Waals surface area (Å²) in [5.41, 5.74) is -0.205. The maximum Gasteiger partial charge on any atom is 0.433 e. The number of nitrogens with one attached hydrogen (secondary N) is 2. The normalized spacial score (nSPS) is 11.2. The highest BCUT2D eigenvalue weighted by Gasteiger charge is 2.33. The Hall–Kier alpha value is -2.55. The number of benzene rings is 1. The van der Waals surface area contributed by atoms with Gasteiger partial charge < -0.3 is 20.5 Å². The molecule has 0 bridgehead atoms. The first-order valence-corrected chi connectivity index (χ1v) is 7.60. The van der Waals surface area contributed by atoms with Crippen LogP contribution in [0.4, 0.5) is 24.9 Å². The molecule has 0 aliphatic carbocycles. The Morgan fingerprint density at radius 1 is 1.16 bits per heavy atom. The molecule has 136 valence electrons. The molecule has 0 radical (unpaired) electrons. The van der Waals surface area contributed by atoms with Gasteiger partial charge in [-0.25, -0.2) is 4.98 Å². The van der Waals surface area contributed by atoms with Gasteiger partial charge in [0.2, 0.25) is 5.95 Å². The molecule has 2 aromatic rings. The summed E-state index contributed by atoms with van der Waals surface area (Å²) in [5, 5.41) is 14.3. The number of ether oxygens (including phenoxy) is 1. The van der Waals surface area contributed by atoms with Crippen LogP contribution in [0.15, 0.2) is 30.3 Å². The fourth-order valence-electron chi connectivity index (χ4n) is 2.02. The lowest BCUT2D eigenvalue weighted by Gasteiger charge is -2.13. The average Bonchev–Trinajstić information content (AvgIpc) is 2.59. The maximum atomic E-state index is 13.0. The summed E-state index contributed by atoms with van der Waals surface area (Å²) in [6.45, 7) is 0.474. The van der Waals surface area contributed by atoms with E-state index >= 15 is 0 Å². The van der Waals surface area contributed by atoms with Crippen LogP contribution in [0.3, 0.4) is 0 Å². The molecule has 0 atom stereocenters. The summed E-state index contributed by atoms with van der Waals surface area (Å²) in [6, 6.07) is 8.02. The predicted octanol–water partition coefficient (Wildman–Crippen LogP) is 2.91. The van der Waals surface area contributed by atoms with Crippen LogP contribution in [0, 0.1) is 0 Å². The highest BCUT2D eigenvalue weighted by molar-refractivity contribution is 5.44. The number of anilines is 2. The molecule has 0 amide bonds. The molecule has 25 heavy (non-hydrogen) atoms. The number of aliphatic hydroxyl groups excluding tert-OH is 1. The minimum Gasteiger partial charge on any atom is -0.497 e. The van der Waals surface area contributed by atoms with Gasteiger partial charge in [0.15, 0.2) is 5.69 Å². The zero-order chi connectivity index (χ0) is 18.3. The zero-order valence-electron chi connectivity index (χ0n) is 13.6. The monoisotopic (exact) mass is 356 g/mol. The van der Waals surface area contributed by atoms with Gasteiger partial charge in [-0.05, 0) is 24.1 Å². The first kappa shape index (κ1) is 18.8. The number of hydrogen-bond donors (Lipinski definition) is 3. The van der Waals surface area contributed by atoms with Crippen molar-refractivity contribution >= 4 is 11.8 Å². The summed E-state index contributed by atoms with van der Waals surface area (Å²) < 4.78 is 44.1. The molecule has 1 aromatic carbocycles. The number of aliphatic hydroxyl groups is 1. The van der Waals surface area contributed by atoms with Crippen LogP contribution in [0.2, 0.25) is 0 Å². The van der Waals surface area contributed by atoms with Crippen molar-refractivity contribution in [1.82, 2.24) is 9.97 Å². The molecule has 3 N–H and O–H groups in total. The Kier molecular flexibility index (Phi) is 6.40. The lowest BCUT2D eigenvalue weighted by molar-refractivity contribution is -0.141. The highest BCUT2D eigenvalue weighted by atomic mass is 19.4. The number of rotatable bonds is 8. The van der Waals surface area contributed by atoms with Gasteiger partial charge >= 0.3 is 6.18 Å².